The minimum atomic E-state index is -4.64. The molecule has 0 saturated heterocycles. The summed E-state index contributed by atoms with van der Waals surface area (Å²) in [6, 6.07) is 7.14. The molecule has 0 aliphatic rings. The zero-order valence-corrected chi connectivity index (χ0v) is 10.6. The second-order valence-electron chi connectivity index (χ2n) is 1.84. The minimum Gasteiger partial charge on any atom is -0.303 e. The predicted octanol–water partition coefficient (Wildman–Crippen LogP) is -0.356. The van der Waals surface area contributed by atoms with Gasteiger partial charge in [-0.05, 0) is 12.1 Å². The van der Waals surface area contributed by atoms with Crippen molar-refractivity contribution < 1.29 is 19.2 Å². The van der Waals surface area contributed by atoms with E-state index in [1.54, 1.807) is 24.4 Å². The Balaban J connectivity index is 0. The van der Waals surface area contributed by atoms with Crippen molar-refractivity contribution in [3.05, 3.63) is 30.1 Å². The van der Waals surface area contributed by atoms with E-state index in [1.807, 2.05) is 6.07 Å². The van der Waals surface area contributed by atoms with Crippen LogP contribution in [0.2, 0.25) is 0 Å². The summed E-state index contributed by atoms with van der Waals surface area (Å²) < 4.78 is 8.88. The molecule has 0 unspecified atom stereocenters. The van der Waals surface area contributed by atoms with Crippen LogP contribution in [0.5, 0.6) is 0 Å². The predicted molar refractivity (Wildman–Crippen MR) is 49.0 cm³/mol. The summed E-state index contributed by atoms with van der Waals surface area (Å²) in [7, 11) is -4.64. The Hall–Kier alpha value is -0.451. The van der Waals surface area contributed by atoms with E-state index in [0.29, 0.717) is 5.69 Å². The molecule has 6 nitrogen and oxygen atoms in total. The van der Waals surface area contributed by atoms with Crippen LogP contribution in [0.15, 0.2) is 24.4 Å². The van der Waals surface area contributed by atoms with Crippen molar-refractivity contribution in [2.45, 2.75) is 0 Å². The first-order chi connectivity index (χ1) is 5.93. The van der Waals surface area contributed by atoms with Crippen LogP contribution >= 0.6 is 7.82 Å². The van der Waals surface area contributed by atoms with Gasteiger partial charge in [-0.1, -0.05) is 6.07 Å². The van der Waals surface area contributed by atoms with Gasteiger partial charge in [0.1, 0.15) is 11.8 Å². The maximum atomic E-state index is 8.88. The molecular formula is C6H7N2O4PSn. The van der Waals surface area contributed by atoms with Crippen molar-refractivity contribution in [1.82, 2.24) is 4.98 Å². The van der Waals surface area contributed by atoms with Gasteiger partial charge in [-0.15, -0.1) is 0 Å². The summed E-state index contributed by atoms with van der Waals surface area (Å²) in [5.74, 6) is 0. The molecule has 0 aromatic carbocycles. The molecule has 0 fully saturated rings. The van der Waals surface area contributed by atoms with Gasteiger partial charge < -0.3 is 14.7 Å². The Labute approximate surface area is 97.4 Å². The topological polar surface area (TPSA) is 114 Å². The third kappa shape index (κ3) is 14.1. The van der Waals surface area contributed by atoms with E-state index in [0.717, 1.165) is 0 Å². The van der Waals surface area contributed by atoms with Crippen molar-refractivity contribution in [3.8, 4) is 6.07 Å². The van der Waals surface area contributed by atoms with E-state index in [1.165, 1.54) is 0 Å². The van der Waals surface area contributed by atoms with Gasteiger partial charge in [0.2, 0.25) is 0 Å². The van der Waals surface area contributed by atoms with Crippen LogP contribution in [0.1, 0.15) is 5.69 Å². The molecule has 0 bridgehead atoms. The van der Waals surface area contributed by atoms with Crippen LogP contribution in [0.4, 0.5) is 0 Å². The van der Waals surface area contributed by atoms with Gasteiger partial charge in [-0.2, -0.15) is 5.26 Å². The number of phosphoric acid groups is 1. The summed E-state index contributed by atoms with van der Waals surface area (Å²) in [5.41, 5.74) is 0.465. The summed E-state index contributed by atoms with van der Waals surface area (Å²) in [5, 5.41) is 8.23. The smallest absolute Gasteiger partial charge is 0.303 e. The Morgan fingerprint density at radius 1 is 1.36 bits per heavy atom. The van der Waals surface area contributed by atoms with E-state index in [4.69, 9.17) is 24.5 Å². The summed E-state index contributed by atoms with van der Waals surface area (Å²) in [6.07, 6.45) is 1.60. The third-order valence-electron chi connectivity index (χ3n) is 0.779. The van der Waals surface area contributed by atoms with E-state index in [9.17, 15) is 0 Å². The first-order valence-corrected chi connectivity index (χ1v) is 4.59. The Morgan fingerprint density at radius 3 is 2.07 bits per heavy atom. The van der Waals surface area contributed by atoms with Crippen LogP contribution in [0.3, 0.4) is 0 Å². The molecule has 14 heavy (non-hydrogen) atoms. The number of hydrogen-bond donors (Lipinski definition) is 3. The van der Waals surface area contributed by atoms with Crippen molar-refractivity contribution in [2.24, 2.45) is 0 Å². The van der Waals surface area contributed by atoms with E-state index in [-0.39, 0.29) is 23.9 Å². The van der Waals surface area contributed by atoms with Gasteiger partial charge in [-0.3, -0.25) is 0 Å². The summed E-state index contributed by atoms with van der Waals surface area (Å²) in [4.78, 5) is 25.3. The molecule has 1 heterocycles. The summed E-state index contributed by atoms with van der Waals surface area (Å²) >= 11 is 0. The van der Waals surface area contributed by atoms with Crippen molar-refractivity contribution in [2.75, 3.05) is 0 Å². The maximum Gasteiger partial charge on any atom is 0.466 e. The molecule has 0 amide bonds. The number of nitriles is 1. The molecule has 0 atom stereocenters. The molecule has 1 rings (SSSR count). The van der Waals surface area contributed by atoms with Crippen molar-refractivity contribution >= 4 is 31.7 Å². The molecular weight excluding hydrogens is 314 g/mol. The van der Waals surface area contributed by atoms with E-state index in [2.05, 4.69) is 4.98 Å². The molecule has 74 valence electrons. The monoisotopic (exact) mass is 322 g/mol. The number of hydrogen-bond acceptors (Lipinski definition) is 3. The van der Waals surface area contributed by atoms with Gasteiger partial charge in [0.05, 0.1) is 0 Å². The molecule has 1 aromatic rings. The molecule has 0 aliphatic heterocycles. The van der Waals surface area contributed by atoms with Crippen LogP contribution in [0.25, 0.3) is 0 Å². The van der Waals surface area contributed by atoms with Crippen LogP contribution in [-0.4, -0.2) is 43.6 Å². The van der Waals surface area contributed by atoms with Gasteiger partial charge >= 0.3 is 7.82 Å². The Kier molecular flexibility index (Phi) is 9.03. The minimum absolute atomic E-state index is 0. The van der Waals surface area contributed by atoms with Gasteiger partial charge in [0.15, 0.2) is 0 Å². The molecule has 0 spiro atoms. The average molecular weight is 321 g/mol. The molecule has 0 saturated carbocycles. The number of nitrogens with zero attached hydrogens (tertiary/aromatic N) is 2. The molecule has 1 aromatic heterocycles. The van der Waals surface area contributed by atoms with Crippen LogP contribution in [0, 0.1) is 11.3 Å². The van der Waals surface area contributed by atoms with E-state index < -0.39 is 7.82 Å². The number of rotatable bonds is 0. The van der Waals surface area contributed by atoms with Crippen molar-refractivity contribution in [1.29, 1.82) is 5.26 Å². The first-order valence-electron chi connectivity index (χ1n) is 3.03. The third-order valence-corrected chi connectivity index (χ3v) is 0.779. The molecule has 4 radical (unpaired) electrons. The van der Waals surface area contributed by atoms with Crippen molar-refractivity contribution in [3.63, 3.8) is 0 Å². The normalized spacial score (nSPS) is 8.71. The fraction of sp³-hybridized carbons (Fsp3) is 0. The van der Waals surface area contributed by atoms with Gasteiger partial charge in [0, 0.05) is 30.1 Å². The average Bonchev–Trinajstić information content (AvgIpc) is 2.03. The second kappa shape index (κ2) is 7.91. The zero-order valence-electron chi connectivity index (χ0n) is 6.90. The van der Waals surface area contributed by atoms with E-state index >= 15 is 0 Å². The largest absolute Gasteiger partial charge is 0.466 e. The Morgan fingerprint density at radius 2 is 1.86 bits per heavy atom. The second-order valence-corrected chi connectivity index (χ2v) is 2.87. The fourth-order valence-electron chi connectivity index (χ4n) is 0.429. The quantitative estimate of drug-likeness (QED) is 0.444. The van der Waals surface area contributed by atoms with Crippen LogP contribution < -0.4 is 0 Å². The molecule has 3 N–H and O–H groups in total. The Bertz CT molecular complexity index is 325. The standard InChI is InChI=1S/C6H4N2.H3O4P.Sn/c7-5-6-3-1-2-4-8-6;1-5(2,3)4;/h1-4H;(H3,1,2,3,4);. The SMILES string of the molecule is N#Cc1ccccn1.O=P(O)(O)O.[Sn]. The molecule has 8 heteroatoms. The maximum absolute atomic E-state index is 8.88. The first kappa shape index (κ1) is 16.0. The molecule has 0 aliphatic carbocycles. The van der Waals surface area contributed by atoms with Gasteiger partial charge in [-0.25, -0.2) is 9.55 Å². The number of pyridine rings is 1. The fourth-order valence-corrected chi connectivity index (χ4v) is 0.429. The zero-order chi connectivity index (χ0) is 10.3. The summed E-state index contributed by atoms with van der Waals surface area (Å²) in [6.45, 7) is 0. The number of aromatic nitrogens is 1. The van der Waals surface area contributed by atoms with Gasteiger partial charge in [0.25, 0.3) is 0 Å². The van der Waals surface area contributed by atoms with Crippen LogP contribution in [-0.2, 0) is 4.57 Å².